The van der Waals surface area contributed by atoms with Crippen LogP contribution in [0.15, 0.2) is 24.3 Å². The van der Waals surface area contributed by atoms with E-state index in [4.69, 9.17) is 0 Å². The molecule has 1 aromatic rings. The van der Waals surface area contributed by atoms with Crippen molar-refractivity contribution in [3.8, 4) is 6.07 Å². The number of fused-ring (bicyclic) bond motifs is 1. The summed E-state index contributed by atoms with van der Waals surface area (Å²) in [5, 5.41) is 9.32. The lowest BCUT2D eigenvalue weighted by molar-refractivity contribution is -0.140. The van der Waals surface area contributed by atoms with Crippen LogP contribution in [0.3, 0.4) is 0 Å². The number of nitrogens with zero attached hydrogens (tertiary/aromatic N) is 4. The Hall–Kier alpha value is -2.06. The molecule has 0 spiro atoms. The minimum absolute atomic E-state index is 0.196. The molecule has 5 heteroatoms. The third-order valence-electron chi connectivity index (χ3n) is 6.36. The summed E-state index contributed by atoms with van der Waals surface area (Å²) in [6.45, 7) is 5.50. The van der Waals surface area contributed by atoms with Gasteiger partial charge in [-0.15, -0.1) is 0 Å². The van der Waals surface area contributed by atoms with Gasteiger partial charge in [0.1, 0.15) is 6.07 Å². The van der Waals surface area contributed by atoms with Crippen LogP contribution in [-0.2, 0) is 4.79 Å². The first kappa shape index (κ1) is 17.4. The Morgan fingerprint density at radius 1 is 0.962 bits per heavy atom. The van der Waals surface area contributed by atoms with Gasteiger partial charge in [-0.3, -0.25) is 9.69 Å². The maximum absolute atomic E-state index is 13.2. The number of para-hydroxylation sites is 1. The van der Waals surface area contributed by atoms with Crippen molar-refractivity contribution >= 4 is 11.6 Å². The number of hydrogen-bond donors (Lipinski definition) is 0. The lowest BCUT2D eigenvalue weighted by Gasteiger charge is -2.46. The largest absolute Gasteiger partial charge is 0.367 e. The van der Waals surface area contributed by atoms with Gasteiger partial charge in [-0.1, -0.05) is 18.6 Å². The van der Waals surface area contributed by atoms with Crippen molar-refractivity contribution in [2.75, 3.05) is 44.2 Å². The first-order valence-electron chi connectivity index (χ1n) is 10.0. The molecule has 5 nitrogen and oxygen atoms in total. The molecule has 0 radical (unpaired) electrons. The summed E-state index contributed by atoms with van der Waals surface area (Å²) < 4.78 is 0. The van der Waals surface area contributed by atoms with Crippen LogP contribution in [0.4, 0.5) is 5.69 Å². The molecule has 3 heterocycles. The maximum Gasteiger partial charge on any atom is 0.227 e. The first-order valence-corrected chi connectivity index (χ1v) is 10.0. The normalized spacial score (nSPS) is 26.9. The van der Waals surface area contributed by atoms with Gasteiger partial charge in [0.05, 0.1) is 17.2 Å². The molecule has 3 aliphatic heterocycles. The molecule has 3 saturated heterocycles. The summed E-state index contributed by atoms with van der Waals surface area (Å²) >= 11 is 0. The molecule has 0 bridgehead atoms. The van der Waals surface area contributed by atoms with Gasteiger partial charge in [-0.05, 0) is 50.9 Å². The van der Waals surface area contributed by atoms with E-state index >= 15 is 0 Å². The van der Waals surface area contributed by atoms with Crippen LogP contribution in [0.5, 0.6) is 0 Å². The van der Waals surface area contributed by atoms with Gasteiger partial charge >= 0.3 is 0 Å². The molecule has 0 aromatic heterocycles. The Labute approximate surface area is 156 Å². The lowest BCUT2D eigenvalue weighted by Crippen LogP contribution is -2.56. The monoisotopic (exact) mass is 352 g/mol. The van der Waals surface area contributed by atoms with Gasteiger partial charge in [0, 0.05) is 32.2 Å². The van der Waals surface area contributed by atoms with E-state index in [1.807, 2.05) is 24.3 Å². The lowest BCUT2D eigenvalue weighted by atomic mass is 9.82. The molecule has 0 unspecified atom stereocenters. The molecule has 3 fully saturated rings. The van der Waals surface area contributed by atoms with Crippen molar-refractivity contribution in [2.45, 2.75) is 38.1 Å². The summed E-state index contributed by atoms with van der Waals surface area (Å²) in [4.78, 5) is 20.1. The highest BCUT2D eigenvalue weighted by molar-refractivity contribution is 5.80. The van der Waals surface area contributed by atoms with Crippen molar-refractivity contribution in [1.82, 2.24) is 9.80 Å². The summed E-state index contributed by atoms with van der Waals surface area (Å²) in [7, 11) is 0. The summed E-state index contributed by atoms with van der Waals surface area (Å²) in [5.74, 6) is 0.566. The second kappa shape index (κ2) is 7.67. The zero-order valence-corrected chi connectivity index (χ0v) is 15.4. The van der Waals surface area contributed by atoms with Gasteiger partial charge in [0.15, 0.2) is 0 Å². The molecule has 1 amide bonds. The molecule has 4 rings (SSSR count). The zero-order valence-electron chi connectivity index (χ0n) is 15.4. The van der Waals surface area contributed by atoms with Gasteiger partial charge in [0.25, 0.3) is 0 Å². The van der Waals surface area contributed by atoms with E-state index in [9.17, 15) is 10.1 Å². The number of carbonyl (C=O) groups is 1. The SMILES string of the molecule is N#Cc1ccccc1N1CCN(C(=O)[C@@H]2CCCN3CCCC[C@H]23)CC1. The Bertz CT molecular complexity index is 687. The second-order valence-corrected chi connectivity index (χ2v) is 7.79. The Morgan fingerprint density at radius 3 is 2.54 bits per heavy atom. The number of benzene rings is 1. The van der Waals surface area contributed by atoms with Crippen molar-refractivity contribution in [3.05, 3.63) is 29.8 Å². The first-order chi connectivity index (χ1) is 12.8. The minimum atomic E-state index is 0.196. The second-order valence-electron chi connectivity index (χ2n) is 7.79. The fourth-order valence-corrected chi connectivity index (χ4v) is 4.99. The fourth-order valence-electron chi connectivity index (χ4n) is 4.99. The van der Waals surface area contributed by atoms with E-state index in [1.54, 1.807) is 0 Å². The molecular weight excluding hydrogens is 324 g/mol. The molecule has 1 aromatic carbocycles. The highest BCUT2D eigenvalue weighted by Crippen LogP contribution is 2.32. The third-order valence-corrected chi connectivity index (χ3v) is 6.36. The van der Waals surface area contributed by atoms with E-state index < -0.39 is 0 Å². The van der Waals surface area contributed by atoms with Crippen molar-refractivity contribution in [1.29, 1.82) is 5.26 Å². The van der Waals surface area contributed by atoms with Crippen molar-refractivity contribution < 1.29 is 4.79 Å². The number of nitriles is 1. The van der Waals surface area contributed by atoms with Crippen molar-refractivity contribution in [2.24, 2.45) is 5.92 Å². The summed E-state index contributed by atoms with van der Waals surface area (Å²) in [6, 6.07) is 10.5. The van der Waals surface area contributed by atoms with E-state index in [1.165, 1.54) is 32.4 Å². The predicted octanol–water partition coefficient (Wildman–Crippen LogP) is 2.47. The topological polar surface area (TPSA) is 50.6 Å². The molecular formula is C21H28N4O. The van der Waals surface area contributed by atoms with Crippen LogP contribution >= 0.6 is 0 Å². The number of piperazine rings is 1. The van der Waals surface area contributed by atoms with Crippen LogP contribution < -0.4 is 4.90 Å². The maximum atomic E-state index is 13.2. The van der Waals surface area contributed by atoms with Crippen LogP contribution in [0.25, 0.3) is 0 Å². The minimum Gasteiger partial charge on any atom is -0.367 e. The van der Waals surface area contributed by atoms with Crippen molar-refractivity contribution in [3.63, 3.8) is 0 Å². The van der Waals surface area contributed by atoms with Crippen LogP contribution in [-0.4, -0.2) is 61.0 Å². The van der Waals surface area contributed by atoms with Gasteiger partial charge < -0.3 is 9.80 Å². The average Bonchev–Trinajstić information content (AvgIpc) is 2.73. The quantitative estimate of drug-likeness (QED) is 0.820. The van der Waals surface area contributed by atoms with Gasteiger partial charge in [-0.2, -0.15) is 5.26 Å². The summed E-state index contributed by atoms with van der Waals surface area (Å²) in [6.07, 6.45) is 5.95. The average molecular weight is 352 g/mol. The number of carbonyl (C=O) groups excluding carboxylic acids is 1. The number of piperidine rings is 2. The van der Waals surface area contributed by atoms with Gasteiger partial charge in [-0.25, -0.2) is 0 Å². The molecule has 2 atom stereocenters. The van der Waals surface area contributed by atoms with E-state index in [0.29, 0.717) is 11.9 Å². The Morgan fingerprint density at radius 2 is 1.73 bits per heavy atom. The molecule has 0 saturated carbocycles. The molecule has 138 valence electrons. The predicted molar refractivity (Wildman–Crippen MR) is 102 cm³/mol. The number of rotatable bonds is 2. The van der Waals surface area contributed by atoms with Crippen LogP contribution in [0.2, 0.25) is 0 Å². The summed E-state index contributed by atoms with van der Waals surface area (Å²) in [5.41, 5.74) is 1.72. The van der Waals surface area contributed by atoms with E-state index in [0.717, 1.165) is 50.3 Å². The molecule has 26 heavy (non-hydrogen) atoms. The smallest absolute Gasteiger partial charge is 0.227 e. The Kier molecular flexibility index (Phi) is 5.12. The van der Waals surface area contributed by atoms with Crippen LogP contribution in [0, 0.1) is 17.2 Å². The number of hydrogen-bond acceptors (Lipinski definition) is 4. The zero-order chi connectivity index (χ0) is 17.9. The van der Waals surface area contributed by atoms with E-state index in [2.05, 4.69) is 20.8 Å². The highest BCUT2D eigenvalue weighted by Gasteiger charge is 2.39. The van der Waals surface area contributed by atoms with Crippen LogP contribution in [0.1, 0.15) is 37.7 Å². The van der Waals surface area contributed by atoms with E-state index in [-0.39, 0.29) is 5.92 Å². The number of amides is 1. The molecule has 0 N–H and O–H groups in total. The van der Waals surface area contributed by atoms with Gasteiger partial charge in [0.2, 0.25) is 5.91 Å². The molecule has 3 aliphatic rings. The number of anilines is 1. The highest BCUT2D eigenvalue weighted by atomic mass is 16.2. The molecule has 0 aliphatic carbocycles. The standard InChI is InChI=1S/C21H28N4O/c22-16-17-6-1-2-8-19(17)24-12-14-25(15-13-24)21(26)18-7-5-11-23-10-4-3-9-20(18)23/h1-2,6,8,18,20H,3-5,7,9-15H2/t18-,20-/m1/s1. The fraction of sp³-hybridized carbons (Fsp3) is 0.619. The third kappa shape index (κ3) is 3.31. The Balaban J connectivity index is 1.40.